The van der Waals surface area contributed by atoms with Crippen molar-refractivity contribution >= 4 is 0 Å². The van der Waals surface area contributed by atoms with Gasteiger partial charge in [-0.15, -0.1) is 0 Å². The first-order valence-electron chi connectivity index (χ1n) is 6.02. The topological polar surface area (TPSA) is 52.5 Å². The van der Waals surface area contributed by atoms with Crippen molar-refractivity contribution in [3.8, 4) is 11.5 Å². The Hall–Kier alpha value is -1.22. The van der Waals surface area contributed by atoms with Crippen molar-refractivity contribution in [1.82, 2.24) is 5.32 Å². The van der Waals surface area contributed by atoms with E-state index in [9.17, 15) is 10.2 Å². The van der Waals surface area contributed by atoms with Gasteiger partial charge in [-0.25, -0.2) is 0 Å². The maximum atomic E-state index is 9.86. The summed E-state index contributed by atoms with van der Waals surface area (Å²) in [5.41, 5.74) is 2.15. The molecule has 0 unspecified atom stereocenters. The summed E-state index contributed by atoms with van der Waals surface area (Å²) in [4.78, 5) is 0. The van der Waals surface area contributed by atoms with Gasteiger partial charge in [-0.2, -0.15) is 0 Å². The SMILES string of the molecule is Oc1ccc2c(c1O)C[C@H]1CCCN[C@@H]1C2. The lowest BCUT2D eigenvalue weighted by molar-refractivity contribution is 0.259. The van der Waals surface area contributed by atoms with Gasteiger partial charge in [-0.3, -0.25) is 0 Å². The second-order valence-electron chi connectivity index (χ2n) is 4.94. The van der Waals surface area contributed by atoms with E-state index in [0.29, 0.717) is 12.0 Å². The van der Waals surface area contributed by atoms with Crippen molar-refractivity contribution in [2.24, 2.45) is 5.92 Å². The Morgan fingerprint density at radius 1 is 1.19 bits per heavy atom. The number of piperidine rings is 1. The molecule has 2 atom stereocenters. The van der Waals surface area contributed by atoms with Crippen LogP contribution < -0.4 is 5.32 Å². The standard InChI is InChI=1S/C13H17NO2/c15-12-4-3-8-7-11-9(2-1-5-14-11)6-10(8)13(12)16/h3-4,9,11,14-16H,1-2,5-7H2/t9-,11-/m1/s1. The fraction of sp³-hybridized carbons (Fsp3) is 0.538. The minimum absolute atomic E-state index is 0.0148. The molecule has 3 rings (SSSR count). The zero-order chi connectivity index (χ0) is 11.1. The molecule has 0 amide bonds. The summed E-state index contributed by atoms with van der Waals surface area (Å²) in [6.45, 7) is 1.11. The third-order valence-electron chi connectivity index (χ3n) is 3.99. The van der Waals surface area contributed by atoms with Gasteiger partial charge in [0.1, 0.15) is 0 Å². The quantitative estimate of drug-likeness (QED) is 0.580. The first kappa shape index (κ1) is 9.97. The van der Waals surface area contributed by atoms with Crippen LogP contribution in [-0.2, 0) is 12.8 Å². The molecule has 1 aliphatic heterocycles. The van der Waals surface area contributed by atoms with E-state index in [0.717, 1.165) is 24.9 Å². The summed E-state index contributed by atoms with van der Waals surface area (Å²) >= 11 is 0. The summed E-state index contributed by atoms with van der Waals surface area (Å²) in [7, 11) is 0. The molecule has 1 aromatic rings. The van der Waals surface area contributed by atoms with E-state index in [4.69, 9.17) is 0 Å². The van der Waals surface area contributed by atoms with Gasteiger partial charge in [0.2, 0.25) is 0 Å². The predicted molar refractivity (Wildman–Crippen MR) is 61.7 cm³/mol. The molecule has 0 aromatic heterocycles. The average molecular weight is 219 g/mol. The van der Waals surface area contributed by atoms with Crippen LogP contribution in [0.3, 0.4) is 0 Å². The molecule has 3 nitrogen and oxygen atoms in total. The number of nitrogens with one attached hydrogen (secondary N) is 1. The highest BCUT2D eigenvalue weighted by molar-refractivity contribution is 5.50. The first-order chi connectivity index (χ1) is 7.75. The van der Waals surface area contributed by atoms with Crippen LogP contribution in [0.1, 0.15) is 24.0 Å². The summed E-state index contributed by atoms with van der Waals surface area (Å²) in [5.74, 6) is 0.733. The van der Waals surface area contributed by atoms with E-state index in [1.54, 1.807) is 6.07 Å². The minimum atomic E-state index is 0.0148. The molecular formula is C13H17NO2. The molecule has 1 saturated heterocycles. The maximum absolute atomic E-state index is 9.86. The third-order valence-corrected chi connectivity index (χ3v) is 3.99. The molecule has 1 aliphatic carbocycles. The molecular weight excluding hydrogens is 202 g/mol. The van der Waals surface area contributed by atoms with Gasteiger partial charge in [0.05, 0.1) is 0 Å². The Labute approximate surface area is 95.1 Å². The maximum Gasteiger partial charge on any atom is 0.160 e. The fourth-order valence-electron chi connectivity index (χ4n) is 3.09. The molecule has 0 saturated carbocycles. The normalized spacial score (nSPS) is 28.2. The lowest BCUT2D eigenvalue weighted by atomic mass is 9.76. The van der Waals surface area contributed by atoms with E-state index >= 15 is 0 Å². The Balaban J connectivity index is 1.98. The lowest BCUT2D eigenvalue weighted by Crippen LogP contribution is -2.45. The smallest absolute Gasteiger partial charge is 0.160 e. The molecule has 1 fully saturated rings. The molecule has 16 heavy (non-hydrogen) atoms. The lowest BCUT2D eigenvalue weighted by Gasteiger charge is -2.37. The fourth-order valence-corrected chi connectivity index (χ4v) is 3.09. The predicted octanol–water partition coefficient (Wildman–Crippen LogP) is 1.56. The van der Waals surface area contributed by atoms with E-state index < -0.39 is 0 Å². The van der Waals surface area contributed by atoms with Crippen LogP contribution in [0.15, 0.2) is 12.1 Å². The van der Waals surface area contributed by atoms with Gasteiger partial charge in [0.15, 0.2) is 11.5 Å². The monoisotopic (exact) mass is 219 g/mol. The third kappa shape index (κ3) is 1.47. The summed E-state index contributed by atoms with van der Waals surface area (Å²) in [6, 6.07) is 4.10. The molecule has 1 aromatic carbocycles. The van der Waals surface area contributed by atoms with Crippen molar-refractivity contribution < 1.29 is 10.2 Å². The summed E-state index contributed by atoms with van der Waals surface area (Å²) in [6.07, 6.45) is 4.32. The zero-order valence-corrected chi connectivity index (χ0v) is 9.24. The van der Waals surface area contributed by atoms with E-state index in [1.807, 2.05) is 6.07 Å². The Bertz CT molecular complexity index is 417. The number of hydrogen-bond acceptors (Lipinski definition) is 3. The number of rotatable bonds is 0. The molecule has 0 spiro atoms. The van der Waals surface area contributed by atoms with Gasteiger partial charge in [-0.1, -0.05) is 6.07 Å². The van der Waals surface area contributed by atoms with Crippen molar-refractivity contribution in [3.05, 3.63) is 23.3 Å². The molecule has 1 heterocycles. The molecule has 3 N–H and O–H groups in total. The number of benzene rings is 1. The second-order valence-corrected chi connectivity index (χ2v) is 4.94. The van der Waals surface area contributed by atoms with Gasteiger partial charge in [0.25, 0.3) is 0 Å². The van der Waals surface area contributed by atoms with Crippen LogP contribution in [0.4, 0.5) is 0 Å². The Morgan fingerprint density at radius 3 is 2.94 bits per heavy atom. The van der Waals surface area contributed by atoms with Crippen LogP contribution in [-0.4, -0.2) is 22.8 Å². The van der Waals surface area contributed by atoms with E-state index in [2.05, 4.69) is 5.32 Å². The second kappa shape index (κ2) is 3.67. The number of phenols is 2. The number of fused-ring (bicyclic) bond motifs is 2. The van der Waals surface area contributed by atoms with Crippen LogP contribution in [0.5, 0.6) is 11.5 Å². The Morgan fingerprint density at radius 2 is 2.06 bits per heavy atom. The highest BCUT2D eigenvalue weighted by Crippen LogP contribution is 2.39. The van der Waals surface area contributed by atoms with Gasteiger partial charge < -0.3 is 15.5 Å². The zero-order valence-electron chi connectivity index (χ0n) is 9.24. The molecule has 3 heteroatoms. The van der Waals surface area contributed by atoms with Gasteiger partial charge in [0, 0.05) is 11.6 Å². The van der Waals surface area contributed by atoms with E-state index in [-0.39, 0.29) is 11.5 Å². The summed E-state index contributed by atoms with van der Waals surface area (Å²) < 4.78 is 0. The van der Waals surface area contributed by atoms with Crippen LogP contribution >= 0.6 is 0 Å². The molecule has 0 bridgehead atoms. The van der Waals surface area contributed by atoms with Crippen LogP contribution in [0, 0.1) is 5.92 Å². The highest BCUT2D eigenvalue weighted by atomic mass is 16.3. The minimum Gasteiger partial charge on any atom is -0.504 e. The van der Waals surface area contributed by atoms with Crippen LogP contribution in [0.2, 0.25) is 0 Å². The molecule has 86 valence electrons. The average Bonchev–Trinajstić information content (AvgIpc) is 2.32. The van der Waals surface area contributed by atoms with Crippen molar-refractivity contribution in [1.29, 1.82) is 0 Å². The van der Waals surface area contributed by atoms with Crippen molar-refractivity contribution in [2.45, 2.75) is 31.7 Å². The Kier molecular flexibility index (Phi) is 2.28. The molecule has 2 aliphatic rings. The van der Waals surface area contributed by atoms with Crippen LogP contribution in [0.25, 0.3) is 0 Å². The first-order valence-corrected chi connectivity index (χ1v) is 6.02. The van der Waals surface area contributed by atoms with Crippen molar-refractivity contribution in [2.75, 3.05) is 6.54 Å². The molecule has 0 radical (unpaired) electrons. The van der Waals surface area contributed by atoms with E-state index in [1.165, 1.54) is 18.4 Å². The summed E-state index contributed by atoms with van der Waals surface area (Å²) in [5, 5.41) is 22.9. The highest BCUT2D eigenvalue weighted by Gasteiger charge is 2.32. The van der Waals surface area contributed by atoms with Gasteiger partial charge >= 0.3 is 0 Å². The number of aromatic hydroxyl groups is 2. The number of hydrogen-bond donors (Lipinski definition) is 3. The van der Waals surface area contributed by atoms with Gasteiger partial charge in [-0.05, 0) is 49.8 Å². The number of phenolic OH excluding ortho intramolecular Hbond substituents is 2. The van der Waals surface area contributed by atoms with Crippen molar-refractivity contribution in [3.63, 3.8) is 0 Å². The largest absolute Gasteiger partial charge is 0.504 e.